The molecule has 1 saturated carbocycles. The van der Waals surface area contributed by atoms with E-state index in [0.29, 0.717) is 27.8 Å². The summed E-state index contributed by atoms with van der Waals surface area (Å²) in [7, 11) is 3.38. The summed E-state index contributed by atoms with van der Waals surface area (Å²) < 4.78 is 17.1. The number of carbonyl (C=O) groups is 1. The van der Waals surface area contributed by atoms with Gasteiger partial charge in [0, 0.05) is 67.9 Å². The molecule has 210 valence electrons. The molecule has 1 heterocycles. The third-order valence-electron chi connectivity index (χ3n) is 8.59. The van der Waals surface area contributed by atoms with Gasteiger partial charge in [0.05, 0.1) is 10.6 Å². The Kier molecular flexibility index (Phi) is 8.80. The molecule has 0 aromatic heterocycles. The van der Waals surface area contributed by atoms with Crippen molar-refractivity contribution in [1.29, 1.82) is 5.26 Å². The molecule has 0 bridgehead atoms. The lowest BCUT2D eigenvalue weighted by molar-refractivity contribution is -0.164. The number of ether oxygens (including phenoxy) is 3. The number of hydrogen-bond donors (Lipinski definition) is 1. The van der Waals surface area contributed by atoms with E-state index in [2.05, 4.69) is 44.0 Å². The maximum absolute atomic E-state index is 13.3. The van der Waals surface area contributed by atoms with Gasteiger partial charge in [0.2, 0.25) is 0 Å². The molecule has 7 nitrogen and oxygen atoms in total. The minimum Gasteiger partial charge on any atom is -0.489 e. The van der Waals surface area contributed by atoms with Gasteiger partial charge in [-0.2, -0.15) is 5.26 Å². The number of piperidine rings is 1. The van der Waals surface area contributed by atoms with E-state index in [1.165, 1.54) is 0 Å². The van der Waals surface area contributed by atoms with Gasteiger partial charge in [0.15, 0.2) is 6.29 Å². The summed E-state index contributed by atoms with van der Waals surface area (Å²) in [6.07, 6.45) is 2.82. The number of nitrogens with one attached hydrogen (secondary N) is 1. The number of halogens is 1. The Bertz CT molecular complexity index is 1180. The zero-order chi connectivity index (χ0) is 28.4. The van der Waals surface area contributed by atoms with Crippen LogP contribution in [0.2, 0.25) is 5.02 Å². The fraction of sp³-hybridized carbons (Fsp3) is 0.548. The van der Waals surface area contributed by atoms with Crippen molar-refractivity contribution >= 4 is 23.2 Å². The minimum absolute atomic E-state index is 0.0851. The highest BCUT2D eigenvalue weighted by Crippen LogP contribution is 2.55. The van der Waals surface area contributed by atoms with Crippen molar-refractivity contribution in [1.82, 2.24) is 5.32 Å². The molecular formula is C31H40ClN3O4. The minimum atomic E-state index is -0.311. The number of rotatable bonds is 9. The number of anilines is 1. The van der Waals surface area contributed by atoms with E-state index in [9.17, 15) is 4.79 Å². The smallest absolute Gasteiger partial charge is 0.251 e. The number of methoxy groups -OCH3 is 2. The normalized spacial score (nSPS) is 22.2. The lowest BCUT2D eigenvalue weighted by Gasteiger charge is -2.63. The van der Waals surface area contributed by atoms with Crippen molar-refractivity contribution in [3.63, 3.8) is 0 Å². The van der Waals surface area contributed by atoms with Crippen LogP contribution in [-0.2, 0) is 9.47 Å². The average molecular weight is 554 g/mol. The van der Waals surface area contributed by atoms with Crippen molar-refractivity contribution < 1.29 is 19.0 Å². The summed E-state index contributed by atoms with van der Waals surface area (Å²) in [6, 6.07) is 15.0. The molecule has 1 N–H and O–H groups in total. The molecular weight excluding hydrogens is 514 g/mol. The van der Waals surface area contributed by atoms with Crippen LogP contribution in [0.15, 0.2) is 42.5 Å². The summed E-state index contributed by atoms with van der Waals surface area (Å²) >= 11 is 6.21. The first kappa shape index (κ1) is 29.2. The fourth-order valence-corrected chi connectivity index (χ4v) is 6.83. The van der Waals surface area contributed by atoms with Gasteiger partial charge in [0.25, 0.3) is 5.91 Å². The highest BCUT2D eigenvalue weighted by Gasteiger charge is 2.64. The van der Waals surface area contributed by atoms with E-state index in [0.717, 1.165) is 38.0 Å². The fourth-order valence-electron chi connectivity index (χ4n) is 6.62. The lowest BCUT2D eigenvalue weighted by atomic mass is 9.49. The van der Waals surface area contributed by atoms with E-state index in [-0.39, 0.29) is 35.2 Å². The summed E-state index contributed by atoms with van der Waals surface area (Å²) in [6.45, 7) is 10.4. The van der Waals surface area contributed by atoms with E-state index < -0.39 is 0 Å². The van der Waals surface area contributed by atoms with Gasteiger partial charge in [-0.3, -0.25) is 4.79 Å². The van der Waals surface area contributed by atoms with E-state index >= 15 is 0 Å². The number of nitriles is 1. The Morgan fingerprint density at radius 1 is 1.08 bits per heavy atom. The molecule has 2 fully saturated rings. The highest BCUT2D eigenvalue weighted by molar-refractivity contribution is 6.31. The van der Waals surface area contributed by atoms with Gasteiger partial charge in [-0.05, 0) is 55.2 Å². The van der Waals surface area contributed by atoms with Crippen molar-refractivity contribution in [3.8, 4) is 11.8 Å². The van der Waals surface area contributed by atoms with Gasteiger partial charge in [-0.15, -0.1) is 0 Å². The Balaban J connectivity index is 1.34. The van der Waals surface area contributed by atoms with Crippen LogP contribution in [0.5, 0.6) is 5.75 Å². The predicted molar refractivity (Wildman–Crippen MR) is 153 cm³/mol. The van der Waals surface area contributed by atoms with E-state index in [4.69, 9.17) is 31.1 Å². The molecule has 2 aromatic carbocycles. The summed E-state index contributed by atoms with van der Waals surface area (Å²) in [5.41, 5.74) is 1.58. The second-order valence-electron chi connectivity index (χ2n) is 11.9. The zero-order valence-corrected chi connectivity index (χ0v) is 24.5. The molecule has 8 heteroatoms. The SMILES string of the molecule is COC(CC1CCN(c2ccc(C(=O)NC3C(C)(C)C(Oc4ccc(C#N)c(Cl)c4)C3(C)C)cc2)CC1)OC. The monoisotopic (exact) mass is 553 g/mol. The Morgan fingerprint density at radius 2 is 1.69 bits per heavy atom. The van der Waals surface area contributed by atoms with Crippen LogP contribution in [0.1, 0.15) is 62.9 Å². The number of hydrogen-bond acceptors (Lipinski definition) is 6. The predicted octanol–water partition coefficient (Wildman–Crippen LogP) is 6.05. The molecule has 2 aromatic rings. The van der Waals surface area contributed by atoms with Crippen LogP contribution in [-0.4, -0.2) is 51.7 Å². The molecule has 0 unspecified atom stereocenters. The molecule has 1 aliphatic heterocycles. The first-order valence-electron chi connectivity index (χ1n) is 13.6. The Morgan fingerprint density at radius 3 is 2.23 bits per heavy atom. The van der Waals surface area contributed by atoms with Crippen molar-refractivity contribution in [2.75, 3.05) is 32.2 Å². The summed E-state index contributed by atoms with van der Waals surface area (Å²) in [5, 5.41) is 12.8. The molecule has 0 atom stereocenters. The van der Waals surface area contributed by atoms with Gasteiger partial charge in [-0.25, -0.2) is 0 Å². The number of carbonyl (C=O) groups excluding carboxylic acids is 1. The molecule has 1 aliphatic carbocycles. The number of benzene rings is 2. The van der Waals surface area contributed by atoms with Gasteiger partial charge in [0.1, 0.15) is 17.9 Å². The van der Waals surface area contributed by atoms with Gasteiger partial charge >= 0.3 is 0 Å². The van der Waals surface area contributed by atoms with Gasteiger partial charge < -0.3 is 24.4 Å². The maximum atomic E-state index is 13.3. The standard InChI is InChI=1S/C31H40ClN3O4/c1-30(2)28(31(3,4)29(30)39-24-12-9-22(19-33)25(32)18-24)34-27(36)21-7-10-23(11-8-21)35-15-13-20(14-16-35)17-26(37-5)38-6/h7-12,18,20,26,28-29H,13-17H2,1-6H3,(H,34,36). The largest absolute Gasteiger partial charge is 0.489 e. The number of amides is 1. The van der Waals surface area contributed by atoms with Crippen LogP contribution < -0.4 is 15.0 Å². The second-order valence-corrected chi connectivity index (χ2v) is 12.3. The zero-order valence-electron chi connectivity index (χ0n) is 23.8. The van der Waals surface area contributed by atoms with E-state index in [1.54, 1.807) is 32.4 Å². The highest BCUT2D eigenvalue weighted by atomic mass is 35.5. The molecule has 1 amide bonds. The average Bonchev–Trinajstić information content (AvgIpc) is 2.93. The summed E-state index contributed by atoms with van der Waals surface area (Å²) in [5.74, 6) is 1.12. The second kappa shape index (κ2) is 11.8. The van der Waals surface area contributed by atoms with Crippen molar-refractivity contribution in [2.24, 2.45) is 16.7 Å². The molecule has 4 rings (SSSR count). The number of nitrogens with zero attached hydrogens (tertiary/aromatic N) is 2. The topological polar surface area (TPSA) is 83.8 Å². The molecule has 1 saturated heterocycles. The van der Waals surface area contributed by atoms with Crippen LogP contribution >= 0.6 is 11.6 Å². The van der Waals surface area contributed by atoms with Crippen LogP contribution in [0.4, 0.5) is 5.69 Å². The Hall–Kier alpha value is -2.79. The first-order valence-corrected chi connectivity index (χ1v) is 14.0. The molecule has 39 heavy (non-hydrogen) atoms. The molecule has 2 aliphatic rings. The van der Waals surface area contributed by atoms with Crippen molar-refractivity contribution in [2.45, 2.75) is 65.4 Å². The quantitative estimate of drug-likeness (QED) is 0.381. The molecule has 0 radical (unpaired) electrons. The molecule has 0 spiro atoms. The maximum Gasteiger partial charge on any atom is 0.251 e. The first-order chi connectivity index (χ1) is 18.5. The summed E-state index contributed by atoms with van der Waals surface area (Å²) in [4.78, 5) is 15.6. The van der Waals surface area contributed by atoms with Crippen LogP contribution in [0.25, 0.3) is 0 Å². The van der Waals surface area contributed by atoms with Crippen molar-refractivity contribution in [3.05, 3.63) is 58.6 Å². The van der Waals surface area contributed by atoms with E-state index in [1.807, 2.05) is 24.3 Å². The lowest BCUT2D eigenvalue weighted by Crippen LogP contribution is -2.74. The third kappa shape index (κ3) is 6.04. The van der Waals surface area contributed by atoms with Crippen LogP contribution in [0, 0.1) is 28.1 Å². The third-order valence-corrected chi connectivity index (χ3v) is 8.90. The van der Waals surface area contributed by atoms with Crippen LogP contribution in [0.3, 0.4) is 0 Å². The Labute approximate surface area is 237 Å². The van der Waals surface area contributed by atoms with Gasteiger partial charge in [-0.1, -0.05) is 39.3 Å².